The van der Waals surface area contributed by atoms with E-state index in [2.05, 4.69) is 4.99 Å². The number of rotatable bonds is 2. The lowest BCUT2D eigenvalue weighted by atomic mass is 9.72. The van der Waals surface area contributed by atoms with Gasteiger partial charge in [-0.15, -0.1) is 0 Å². The minimum absolute atomic E-state index is 0.0696. The fourth-order valence-electron chi connectivity index (χ4n) is 2.62. The number of carbonyl (C=O) groups is 2. The average Bonchev–Trinajstić information content (AvgIpc) is 2.47. The topological polar surface area (TPSA) is 66.7 Å². The summed E-state index contributed by atoms with van der Waals surface area (Å²) in [7, 11) is 0. The smallest absolute Gasteiger partial charge is 0.335 e. The predicted octanol–water partition coefficient (Wildman–Crippen LogP) is 4.99. The summed E-state index contributed by atoms with van der Waals surface area (Å²) in [6.45, 7) is 12.1. The quantitative estimate of drug-likeness (QED) is 0.772. The van der Waals surface area contributed by atoms with Gasteiger partial charge in [0, 0.05) is 11.1 Å². The first-order valence-electron chi connectivity index (χ1n) is 8.31. The summed E-state index contributed by atoms with van der Waals surface area (Å²) in [5.74, 6) is -0.896. The molecule has 1 N–H and O–H groups in total. The molecule has 0 aliphatic heterocycles. The van der Waals surface area contributed by atoms with Gasteiger partial charge in [0.05, 0.1) is 17.0 Å². The highest BCUT2D eigenvalue weighted by Gasteiger charge is 2.34. The summed E-state index contributed by atoms with van der Waals surface area (Å²) in [6.07, 6.45) is 3.67. The van der Waals surface area contributed by atoms with Crippen LogP contribution in [0.15, 0.2) is 52.6 Å². The van der Waals surface area contributed by atoms with Gasteiger partial charge < -0.3 is 5.11 Å². The molecule has 1 aromatic rings. The summed E-state index contributed by atoms with van der Waals surface area (Å²) in [5.41, 5.74) is 2.49. The molecule has 2 rings (SSSR count). The van der Waals surface area contributed by atoms with Crippen LogP contribution >= 0.6 is 0 Å². The van der Waals surface area contributed by atoms with E-state index in [1.165, 1.54) is 12.1 Å². The second kappa shape index (κ2) is 6.43. The van der Waals surface area contributed by atoms with Crippen molar-refractivity contribution in [2.45, 2.75) is 41.5 Å². The number of carboxylic acids is 1. The van der Waals surface area contributed by atoms with Crippen molar-refractivity contribution in [1.82, 2.24) is 0 Å². The highest BCUT2D eigenvalue weighted by atomic mass is 16.4. The third-order valence-corrected chi connectivity index (χ3v) is 4.06. The molecular weight excluding hydrogens is 314 g/mol. The number of ketones is 1. The van der Waals surface area contributed by atoms with Gasteiger partial charge >= 0.3 is 5.97 Å². The number of carboxylic acid groups (broad SMARTS) is 1. The van der Waals surface area contributed by atoms with Crippen LogP contribution in [0.5, 0.6) is 0 Å². The second-order valence-electron chi connectivity index (χ2n) is 8.33. The van der Waals surface area contributed by atoms with Crippen molar-refractivity contribution in [2.75, 3.05) is 0 Å². The summed E-state index contributed by atoms with van der Waals surface area (Å²) >= 11 is 0. The van der Waals surface area contributed by atoms with Gasteiger partial charge in [0.1, 0.15) is 0 Å². The van der Waals surface area contributed by atoms with E-state index < -0.39 is 5.97 Å². The van der Waals surface area contributed by atoms with Crippen molar-refractivity contribution < 1.29 is 14.7 Å². The standard InChI is InChI=1S/C21H25NO3/c1-20(2,3)16-11-15(12-17(18(16)23)21(4,5)6)22-14-9-7-13(8-10-14)19(24)25/h7-12H,1-6H3,(H,24,25). The summed E-state index contributed by atoms with van der Waals surface area (Å²) in [6, 6.07) is 6.39. The van der Waals surface area contributed by atoms with E-state index in [9.17, 15) is 9.59 Å². The first-order chi connectivity index (χ1) is 11.4. The monoisotopic (exact) mass is 339 g/mol. The molecule has 4 nitrogen and oxygen atoms in total. The number of carbonyl (C=O) groups excluding carboxylic acids is 1. The molecule has 0 saturated heterocycles. The molecule has 25 heavy (non-hydrogen) atoms. The Bertz CT molecular complexity index is 759. The van der Waals surface area contributed by atoms with Crippen LogP contribution in [-0.4, -0.2) is 22.6 Å². The highest BCUT2D eigenvalue weighted by molar-refractivity contribution is 6.23. The third-order valence-electron chi connectivity index (χ3n) is 4.06. The van der Waals surface area contributed by atoms with E-state index in [1.54, 1.807) is 12.1 Å². The van der Waals surface area contributed by atoms with E-state index in [0.29, 0.717) is 11.4 Å². The molecule has 0 atom stereocenters. The van der Waals surface area contributed by atoms with Crippen molar-refractivity contribution in [3.63, 3.8) is 0 Å². The maximum atomic E-state index is 12.9. The molecule has 0 fully saturated rings. The third kappa shape index (κ3) is 4.32. The van der Waals surface area contributed by atoms with Gasteiger partial charge in [0.15, 0.2) is 5.78 Å². The Kier molecular flexibility index (Phi) is 4.85. The SMILES string of the molecule is CC(C)(C)C1=CC(=Nc2ccc(C(=O)O)cc2)C=C(C(C)(C)C)C1=O. The van der Waals surface area contributed by atoms with Crippen molar-refractivity contribution >= 4 is 23.2 Å². The van der Waals surface area contributed by atoms with E-state index >= 15 is 0 Å². The molecule has 1 aliphatic carbocycles. The molecule has 0 bridgehead atoms. The molecule has 1 aliphatic rings. The summed E-state index contributed by atoms with van der Waals surface area (Å²) in [5, 5.41) is 8.98. The number of hydrogen-bond donors (Lipinski definition) is 1. The minimum atomic E-state index is -0.965. The zero-order valence-electron chi connectivity index (χ0n) is 15.7. The van der Waals surface area contributed by atoms with Gasteiger partial charge in [-0.2, -0.15) is 0 Å². The molecular formula is C21H25NO3. The van der Waals surface area contributed by atoms with Crippen LogP contribution in [-0.2, 0) is 4.79 Å². The Labute approximate surface area is 149 Å². The van der Waals surface area contributed by atoms with Crippen molar-refractivity contribution in [1.29, 1.82) is 0 Å². The zero-order valence-corrected chi connectivity index (χ0v) is 15.7. The first-order valence-corrected chi connectivity index (χ1v) is 8.31. The largest absolute Gasteiger partial charge is 0.478 e. The Morgan fingerprint density at radius 3 is 1.68 bits per heavy atom. The van der Waals surface area contributed by atoms with Gasteiger partial charge in [-0.25, -0.2) is 9.79 Å². The summed E-state index contributed by atoms with van der Waals surface area (Å²) < 4.78 is 0. The maximum absolute atomic E-state index is 12.9. The van der Waals surface area contributed by atoms with Crippen LogP contribution in [0.25, 0.3) is 0 Å². The van der Waals surface area contributed by atoms with Crippen LogP contribution in [0.4, 0.5) is 5.69 Å². The molecule has 0 radical (unpaired) electrons. The lowest BCUT2D eigenvalue weighted by Crippen LogP contribution is -2.29. The maximum Gasteiger partial charge on any atom is 0.335 e. The molecule has 0 saturated carbocycles. The Morgan fingerprint density at radius 1 is 0.880 bits per heavy atom. The van der Waals surface area contributed by atoms with Crippen molar-refractivity contribution in [2.24, 2.45) is 15.8 Å². The van der Waals surface area contributed by atoms with Gasteiger partial charge in [-0.05, 0) is 47.2 Å². The van der Waals surface area contributed by atoms with Gasteiger partial charge in [0.25, 0.3) is 0 Å². The van der Waals surface area contributed by atoms with Crippen LogP contribution in [0.1, 0.15) is 51.9 Å². The molecule has 0 amide bonds. The van der Waals surface area contributed by atoms with Crippen LogP contribution in [0.2, 0.25) is 0 Å². The molecule has 0 unspecified atom stereocenters. The molecule has 1 aromatic carbocycles. The van der Waals surface area contributed by atoms with Crippen molar-refractivity contribution in [3.8, 4) is 0 Å². The Morgan fingerprint density at radius 2 is 1.32 bits per heavy atom. The van der Waals surface area contributed by atoms with E-state index in [4.69, 9.17) is 5.11 Å². The van der Waals surface area contributed by atoms with Crippen molar-refractivity contribution in [3.05, 3.63) is 53.1 Å². The predicted molar refractivity (Wildman–Crippen MR) is 101 cm³/mol. The lowest BCUT2D eigenvalue weighted by Gasteiger charge is -2.31. The zero-order chi connectivity index (χ0) is 19.0. The number of aromatic carboxylic acids is 1. The number of nitrogens with zero attached hydrogens (tertiary/aromatic N) is 1. The van der Waals surface area contributed by atoms with E-state index in [1.807, 2.05) is 53.7 Å². The fourth-order valence-corrected chi connectivity index (χ4v) is 2.62. The number of hydrogen-bond acceptors (Lipinski definition) is 3. The molecule has 132 valence electrons. The number of Topliss-reactive ketones (excluding diaryl/α,β-unsaturated/α-hetero) is 1. The van der Waals surface area contributed by atoms with Crippen LogP contribution in [0.3, 0.4) is 0 Å². The van der Waals surface area contributed by atoms with E-state index in [0.717, 1.165) is 11.1 Å². The number of allylic oxidation sites excluding steroid dienone is 4. The van der Waals surface area contributed by atoms with Gasteiger partial charge in [-0.1, -0.05) is 41.5 Å². The molecule has 4 heteroatoms. The average molecular weight is 339 g/mol. The van der Waals surface area contributed by atoms with Gasteiger partial charge in [-0.3, -0.25) is 4.79 Å². The highest BCUT2D eigenvalue weighted by Crippen LogP contribution is 2.37. The fraction of sp³-hybridized carbons (Fsp3) is 0.381. The summed E-state index contributed by atoms with van der Waals surface area (Å²) in [4.78, 5) is 28.4. The van der Waals surface area contributed by atoms with E-state index in [-0.39, 0.29) is 22.2 Å². The van der Waals surface area contributed by atoms with Crippen LogP contribution < -0.4 is 0 Å². The minimum Gasteiger partial charge on any atom is -0.478 e. The molecule has 0 heterocycles. The Hall–Kier alpha value is -2.49. The van der Waals surface area contributed by atoms with Crippen LogP contribution in [0, 0.1) is 10.8 Å². The first kappa shape index (κ1) is 18.8. The second-order valence-corrected chi connectivity index (χ2v) is 8.33. The lowest BCUT2D eigenvalue weighted by molar-refractivity contribution is -0.114. The number of benzene rings is 1. The molecule has 0 aromatic heterocycles. The number of aliphatic imine (C=N–C) groups is 1. The van der Waals surface area contributed by atoms with Gasteiger partial charge in [0.2, 0.25) is 0 Å². The Balaban J connectivity index is 2.53. The molecule has 0 spiro atoms. The normalized spacial score (nSPS) is 15.6.